The third-order valence-electron chi connectivity index (χ3n) is 3.73. The second-order valence-corrected chi connectivity index (χ2v) is 8.46. The van der Waals surface area contributed by atoms with E-state index in [9.17, 15) is 13.2 Å². The van der Waals surface area contributed by atoms with Crippen molar-refractivity contribution in [3.8, 4) is 0 Å². The van der Waals surface area contributed by atoms with Crippen LogP contribution >= 0.6 is 11.8 Å². The molecule has 0 aliphatic carbocycles. The van der Waals surface area contributed by atoms with Gasteiger partial charge in [0.1, 0.15) is 0 Å². The van der Waals surface area contributed by atoms with E-state index in [1.807, 2.05) is 0 Å². The molecule has 116 valence electrons. The van der Waals surface area contributed by atoms with E-state index in [4.69, 9.17) is 0 Å². The summed E-state index contributed by atoms with van der Waals surface area (Å²) >= 11 is 1.78. The molecule has 0 radical (unpaired) electrons. The van der Waals surface area contributed by atoms with E-state index in [1.54, 1.807) is 16.1 Å². The largest absolute Gasteiger partial charge is 0.355 e. The van der Waals surface area contributed by atoms with Crippen molar-refractivity contribution in [1.29, 1.82) is 0 Å². The van der Waals surface area contributed by atoms with Crippen LogP contribution in [0.1, 0.15) is 12.8 Å². The van der Waals surface area contributed by atoms with Crippen LogP contribution in [0.3, 0.4) is 0 Å². The Bertz CT molecular complexity index is 416. The maximum Gasteiger partial charge on any atom is 0.223 e. The highest BCUT2D eigenvalue weighted by Crippen LogP contribution is 2.13. The van der Waals surface area contributed by atoms with Gasteiger partial charge in [-0.3, -0.25) is 4.79 Å². The summed E-state index contributed by atoms with van der Waals surface area (Å²) in [5, 5.41) is 5.98. The van der Waals surface area contributed by atoms with Gasteiger partial charge in [0.25, 0.3) is 0 Å². The lowest BCUT2D eigenvalue weighted by Gasteiger charge is -2.26. The maximum atomic E-state index is 12.1. The van der Waals surface area contributed by atoms with Crippen LogP contribution in [0, 0.1) is 5.92 Å². The van der Waals surface area contributed by atoms with Crippen LogP contribution in [0.5, 0.6) is 0 Å². The Morgan fingerprint density at radius 3 is 2.55 bits per heavy atom. The van der Waals surface area contributed by atoms with Crippen molar-refractivity contribution in [1.82, 2.24) is 14.9 Å². The van der Waals surface area contributed by atoms with Crippen molar-refractivity contribution < 1.29 is 13.2 Å². The molecule has 0 aromatic carbocycles. The molecule has 2 heterocycles. The molecule has 0 atom stereocenters. The number of carbonyl (C=O) groups is 1. The highest BCUT2D eigenvalue weighted by Gasteiger charge is 2.25. The molecule has 2 N–H and O–H groups in total. The Morgan fingerprint density at radius 1 is 1.25 bits per heavy atom. The Balaban J connectivity index is 1.72. The van der Waals surface area contributed by atoms with E-state index >= 15 is 0 Å². The highest BCUT2D eigenvalue weighted by atomic mass is 32.2. The van der Waals surface area contributed by atoms with E-state index in [1.165, 1.54) is 0 Å². The molecule has 0 saturated carbocycles. The smallest absolute Gasteiger partial charge is 0.223 e. The minimum Gasteiger partial charge on any atom is -0.355 e. The molecular weight excluding hydrogens is 298 g/mol. The standard InChI is InChI=1S/C12H23N3O3S2/c16-12(11-1-3-13-4-2-11)14-5-10-20(17,18)15-6-8-19-9-7-15/h11,13H,1-10H2,(H,14,16). The number of sulfonamides is 1. The fourth-order valence-corrected chi connectivity index (χ4v) is 4.98. The van der Waals surface area contributed by atoms with Crippen LogP contribution in [0.4, 0.5) is 0 Å². The number of hydrogen-bond acceptors (Lipinski definition) is 5. The number of amides is 1. The number of nitrogens with one attached hydrogen (secondary N) is 2. The van der Waals surface area contributed by atoms with Gasteiger partial charge in [-0.1, -0.05) is 0 Å². The summed E-state index contributed by atoms with van der Waals surface area (Å²) in [5.41, 5.74) is 0. The van der Waals surface area contributed by atoms with E-state index < -0.39 is 10.0 Å². The summed E-state index contributed by atoms with van der Waals surface area (Å²) in [6.07, 6.45) is 1.67. The number of piperidine rings is 1. The van der Waals surface area contributed by atoms with Crippen LogP contribution in [0.15, 0.2) is 0 Å². The molecule has 2 rings (SSSR count). The van der Waals surface area contributed by atoms with Gasteiger partial charge in [0.05, 0.1) is 5.75 Å². The lowest BCUT2D eigenvalue weighted by molar-refractivity contribution is -0.125. The van der Waals surface area contributed by atoms with E-state index in [2.05, 4.69) is 10.6 Å². The zero-order chi connectivity index (χ0) is 14.4. The van der Waals surface area contributed by atoms with Gasteiger partial charge in [0.2, 0.25) is 15.9 Å². The zero-order valence-electron chi connectivity index (χ0n) is 11.6. The summed E-state index contributed by atoms with van der Waals surface area (Å²) in [6, 6.07) is 0. The molecule has 6 nitrogen and oxygen atoms in total. The van der Waals surface area contributed by atoms with Crippen LogP contribution in [-0.2, 0) is 14.8 Å². The van der Waals surface area contributed by atoms with Gasteiger partial charge < -0.3 is 10.6 Å². The molecular formula is C12H23N3O3S2. The number of hydrogen-bond donors (Lipinski definition) is 2. The molecule has 0 bridgehead atoms. The molecule has 8 heteroatoms. The Kier molecular flexibility index (Phi) is 6.13. The molecule has 0 aromatic rings. The number of nitrogens with zero attached hydrogens (tertiary/aromatic N) is 1. The van der Waals surface area contributed by atoms with Crippen LogP contribution in [0.2, 0.25) is 0 Å². The normalized spacial score (nSPS) is 22.6. The molecule has 0 aromatic heterocycles. The minimum atomic E-state index is -3.22. The fraction of sp³-hybridized carbons (Fsp3) is 0.917. The molecule has 2 saturated heterocycles. The monoisotopic (exact) mass is 321 g/mol. The SMILES string of the molecule is O=C(NCCS(=O)(=O)N1CCSCC1)C1CCNCC1. The lowest BCUT2D eigenvalue weighted by Crippen LogP contribution is -2.43. The number of thioether (sulfide) groups is 1. The van der Waals surface area contributed by atoms with E-state index in [-0.39, 0.29) is 24.1 Å². The molecule has 20 heavy (non-hydrogen) atoms. The Hall–Kier alpha value is -0.310. The first-order valence-corrected chi connectivity index (χ1v) is 9.90. The van der Waals surface area contributed by atoms with Crippen LogP contribution < -0.4 is 10.6 Å². The van der Waals surface area contributed by atoms with E-state index in [0.717, 1.165) is 37.4 Å². The maximum absolute atomic E-state index is 12.1. The highest BCUT2D eigenvalue weighted by molar-refractivity contribution is 7.99. The fourth-order valence-electron chi connectivity index (χ4n) is 2.49. The van der Waals surface area contributed by atoms with Crippen molar-refractivity contribution in [3.63, 3.8) is 0 Å². The third-order valence-corrected chi connectivity index (χ3v) is 6.55. The van der Waals surface area contributed by atoms with Crippen molar-refractivity contribution in [3.05, 3.63) is 0 Å². The van der Waals surface area contributed by atoms with Gasteiger partial charge in [-0.25, -0.2) is 12.7 Å². The summed E-state index contributed by atoms with van der Waals surface area (Å²) in [7, 11) is -3.22. The first-order valence-electron chi connectivity index (χ1n) is 7.13. The van der Waals surface area contributed by atoms with E-state index in [0.29, 0.717) is 13.1 Å². The summed E-state index contributed by atoms with van der Waals surface area (Å²) < 4.78 is 25.7. The van der Waals surface area contributed by atoms with Crippen LogP contribution in [-0.4, -0.2) is 68.6 Å². The van der Waals surface area contributed by atoms with Gasteiger partial charge in [-0.15, -0.1) is 0 Å². The zero-order valence-corrected chi connectivity index (χ0v) is 13.3. The summed E-state index contributed by atoms with van der Waals surface area (Å²) in [4.78, 5) is 11.9. The average molecular weight is 321 g/mol. The van der Waals surface area contributed by atoms with Gasteiger partial charge >= 0.3 is 0 Å². The van der Waals surface area contributed by atoms with Gasteiger partial charge in [-0.05, 0) is 25.9 Å². The average Bonchev–Trinajstić information content (AvgIpc) is 2.49. The molecule has 0 unspecified atom stereocenters. The Labute approximate surface area is 125 Å². The van der Waals surface area contributed by atoms with Crippen molar-refractivity contribution in [2.24, 2.45) is 5.92 Å². The lowest BCUT2D eigenvalue weighted by atomic mass is 9.97. The third kappa shape index (κ3) is 4.61. The van der Waals surface area contributed by atoms with Gasteiger partial charge in [0.15, 0.2) is 0 Å². The van der Waals surface area contributed by atoms with Gasteiger partial charge in [0, 0.05) is 37.1 Å². The van der Waals surface area contributed by atoms with Crippen molar-refractivity contribution in [2.75, 3.05) is 50.0 Å². The van der Waals surface area contributed by atoms with Crippen molar-refractivity contribution >= 4 is 27.7 Å². The predicted octanol–water partition coefficient (Wildman–Crippen LogP) is -0.519. The number of rotatable bonds is 5. The quantitative estimate of drug-likeness (QED) is 0.712. The van der Waals surface area contributed by atoms with Crippen molar-refractivity contribution in [2.45, 2.75) is 12.8 Å². The molecule has 2 aliphatic rings. The van der Waals surface area contributed by atoms with Crippen LogP contribution in [0.25, 0.3) is 0 Å². The first kappa shape index (κ1) is 16.1. The van der Waals surface area contributed by atoms with Gasteiger partial charge in [-0.2, -0.15) is 11.8 Å². The second-order valence-electron chi connectivity index (χ2n) is 5.14. The Morgan fingerprint density at radius 2 is 1.90 bits per heavy atom. The molecule has 1 amide bonds. The summed E-state index contributed by atoms with van der Waals surface area (Å²) in [6.45, 7) is 3.13. The minimum absolute atomic E-state index is 0.00380. The molecule has 2 fully saturated rings. The molecule has 2 aliphatic heterocycles. The molecule has 0 spiro atoms. The predicted molar refractivity (Wildman–Crippen MR) is 81.3 cm³/mol. The first-order chi connectivity index (χ1) is 9.59. The second kappa shape index (κ2) is 7.63. The summed E-state index contributed by atoms with van der Waals surface area (Å²) in [5.74, 6) is 1.76. The number of carbonyl (C=O) groups excluding carboxylic acids is 1. The topological polar surface area (TPSA) is 78.5 Å².